The topological polar surface area (TPSA) is 43.1 Å². The highest BCUT2D eigenvalue weighted by atomic mass is 19.3. The van der Waals surface area contributed by atoms with Gasteiger partial charge in [0.15, 0.2) is 5.78 Å². The number of carbonyl (C=O) groups is 1. The number of hydrogen-bond acceptors (Lipinski definition) is 2. The molecule has 114 valence electrons. The van der Waals surface area contributed by atoms with Crippen LogP contribution in [-0.2, 0) is 0 Å². The molecule has 1 aromatic carbocycles. The smallest absolute Gasteiger partial charge is 0.248 e. The van der Waals surface area contributed by atoms with E-state index in [-0.39, 0.29) is 30.6 Å². The third-order valence-corrected chi connectivity index (χ3v) is 4.79. The van der Waals surface area contributed by atoms with Crippen LogP contribution in [0.3, 0.4) is 0 Å². The van der Waals surface area contributed by atoms with Crippen LogP contribution in [0.5, 0.6) is 0 Å². The fraction of sp³-hybridized carbons (Fsp3) is 0.588. The molecular formula is C17H21F2NO. The Bertz CT molecular complexity index is 533. The van der Waals surface area contributed by atoms with Gasteiger partial charge >= 0.3 is 0 Å². The van der Waals surface area contributed by atoms with Gasteiger partial charge in [-0.15, -0.1) is 0 Å². The number of ketones is 1. The Balaban J connectivity index is 1.61. The normalized spacial score (nSPS) is 28.3. The molecule has 2 aliphatic carbocycles. The van der Waals surface area contributed by atoms with E-state index in [9.17, 15) is 13.6 Å². The molecule has 2 saturated carbocycles. The quantitative estimate of drug-likeness (QED) is 0.856. The number of alkyl halides is 2. The lowest BCUT2D eigenvalue weighted by molar-refractivity contribution is -0.0458. The van der Waals surface area contributed by atoms with Crippen molar-refractivity contribution in [3.63, 3.8) is 0 Å². The monoisotopic (exact) mass is 293 g/mol. The lowest BCUT2D eigenvalue weighted by atomic mass is 9.83. The Kier molecular flexibility index (Phi) is 3.82. The first-order chi connectivity index (χ1) is 9.94. The molecule has 2 atom stereocenters. The maximum absolute atomic E-state index is 13.1. The third-order valence-electron chi connectivity index (χ3n) is 4.79. The number of hydrogen-bond donors (Lipinski definition) is 1. The van der Waals surface area contributed by atoms with Crippen LogP contribution >= 0.6 is 0 Å². The van der Waals surface area contributed by atoms with E-state index in [1.165, 1.54) is 0 Å². The van der Waals surface area contributed by atoms with Crippen LogP contribution in [-0.4, -0.2) is 17.7 Å². The van der Waals surface area contributed by atoms with Crippen LogP contribution < -0.4 is 5.73 Å². The Morgan fingerprint density at radius 1 is 1.29 bits per heavy atom. The van der Waals surface area contributed by atoms with Crippen molar-refractivity contribution in [3.05, 3.63) is 35.4 Å². The van der Waals surface area contributed by atoms with Crippen molar-refractivity contribution in [1.82, 2.24) is 0 Å². The molecule has 2 N–H and O–H groups in total. The Morgan fingerprint density at radius 2 is 1.95 bits per heavy atom. The largest absolute Gasteiger partial charge is 0.327 e. The lowest BCUT2D eigenvalue weighted by Crippen LogP contribution is -2.25. The van der Waals surface area contributed by atoms with Gasteiger partial charge in [-0.05, 0) is 36.8 Å². The van der Waals surface area contributed by atoms with E-state index in [0.717, 1.165) is 12.0 Å². The van der Waals surface area contributed by atoms with Gasteiger partial charge in [-0.25, -0.2) is 8.78 Å². The zero-order chi connectivity index (χ0) is 15.0. The maximum atomic E-state index is 13.1. The van der Waals surface area contributed by atoms with E-state index in [1.807, 2.05) is 24.3 Å². The van der Waals surface area contributed by atoms with Gasteiger partial charge in [0, 0.05) is 36.8 Å². The van der Waals surface area contributed by atoms with Crippen LogP contribution in [0, 0.1) is 5.92 Å². The summed E-state index contributed by atoms with van der Waals surface area (Å²) in [6.07, 6.45) is 2.10. The predicted molar refractivity (Wildman–Crippen MR) is 77.6 cm³/mol. The van der Waals surface area contributed by atoms with Crippen LogP contribution in [0.2, 0.25) is 0 Å². The summed E-state index contributed by atoms with van der Waals surface area (Å²) in [6.45, 7) is 0. The molecule has 0 bridgehead atoms. The molecule has 4 heteroatoms. The molecule has 1 aromatic rings. The SMILES string of the molecule is NC1CC1c1cccc(C(=O)CC2CCC(F)(F)CC2)c1. The van der Waals surface area contributed by atoms with E-state index in [4.69, 9.17) is 5.73 Å². The second kappa shape index (κ2) is 5.48. The van der Waals surface area contributed by atoms with Crippen molar-refractivity contribution in [3.8, 4) is 0 Å². The second-order valence-electron chi connectivity index (χ2n) is 6.56. The summed E-state index contributed by atoms with van der Waals surface area (Å²) in [4.78, 5) is 12.3. The Labute approximate surface area is 123 Å². The molecule has 0 amide bonds. The van der Waals surface area contributed by atoms with E-state index in [2.05, 4.69) is 0 Å². The van der Waals surface area contributed by atoms with Gasteiger partial charge in [0.2, 0.25) is 5.92 Å². The highest BCUT2D eigenvalue weighted by Gasteiger charge is 2.36. The van der Waals surface area contributed by atoms with E-state index in [1.54, 1.807) is 0 Å². The maximum Gasteiger partial charge on any atom is 0.248 e. The molecule has 3 rings (SSSR count). The zero-order valence-corrected chi connectivity index (χ0v) is 12.0. The minimum Gasteiger partial charge on any atom is -0.327 e. The summed E-state index contributed by atoms with van der Waals surface area (Å²) in [5.74, 6) is -1.97. The average Bonchev–Trinajstić information content (AvgIpc) is 3.18. The molecule has 0 heterocycles. The van der Waals surface area contributed by atoms with Crippen molar-refractivity contribution in [1.29, 1.82) is 0 Å². The first-order valence-electron chi connectivity index (χ1n) is 7.71. The highest BCUT2D eigenvalue weighted by molar-refractivity contribution is 5.96. The lowest BCUT2D eigenvalue weighted by Gasteiger charge is -2.27. The molecule has 0 radical (unpaired) electrons. The van der Waals surface area contributed by atoms with Gasteiger partial charge in [-0.3, -0.25) is 4.79 Å². The molecule has 21 heavy (non-hydrogen) atoms. The fourth-order valence-electron chi connectivity index (χ4n) is 3.22. The van der Waals surface area contributed by atoms with Crippen LogP contribution in [0.1, 0.15) is 60.4 Å². The zero-order valence-electron chi connectivity index (χ0n) is 12.0. The number of nitrogens with two attached hydrogens (primary N) is 1. The second-order valence-corrected chi connectivity index (χ2v) is 6.56. The first kappa shape index (κ1) is 14.6. The molecule has 2 nitrogen and oxygen atoms in total. The minimum atomic E-state index is -2.53. The predicted octanol–water partition coefficient (Wildman–Crippen LogP) is 3.90. The van der Waals surface area contributed by atoms with Gasteiger partial charge in [0.05, 0.1) is 0 Å². The van der Waals surface area contributed by atoms with E-state index < -0.39 is 5.92 Å². The number of carbonyl (C=O) groups excluding carboxylic acids is 1. The van der Waals surface area contributed by atoms with Crippen LogP contribution in [0.15, 0.2) is 24.3 Å². The average molecular weight is 293 g/mol. The number of halogens is 2. The minimum absolute atomic E-state index is 0.0706. The molecule has 0 aromatic heterocycles. The van der Waals surface area contributed by atoms with E-state index in [0.29, 0.717) is 30.7 Å². The molecule has 0 saturated heterocycles. The summed E-state index contributed by atoms with van der Waals surface area (Å²) < 4.78 is 26.3. The van der Waals surface area contributed by atoms with Gasteiger partial charge in [0.25, 0.3) is 0 Å². The molecule has 0 spiro atoms. The summed E-state index contributed by atoms with van der Waals surface area (Å²) in [5.41, 5.74) is 7.67. The molecular weight excluding hydrogens is 272 g/mol. The van der Waals surface area contributed by atoms with Crippen LogP contribution in [0.25, 0.3) is 0 Å². The van der Waals surface area contributed by atoms with Gasteiger partial charge in [-0.1, -0.05) is 18.2 Å². The highest BCUT2D eigenvalue weighted by Crippen LogP contribution is 2.40. The summed E-state index contributed by atoms with van der Waals surface area (Å²) in [7, 11) is 0. The first-order valence-corrected chi connectivity index (χ1v) is 7.71. The Morgan fingerprint density at radius 3 is 2.57 bits per heavy atom. The fourth-order valence-corrected chi connectivity index (χ4v) is 3.22. The van der Waals surface area contributed by atoms with Crippen LogP contribution in [0.4, 0.5) is 8.78 Å². The van der Waals surface area contributed by atoms with Crippen molar-refractivity contribution in [2.45, 2.75) is 56.4 Å². The standard InChI is InChI=1S/C17H21F2NO/c18-17(19)6-4-11(5-7-17)8-16(21)13-3-1-2-12(9-13)14-10-15(14)20/h1-3,9,11,14-15H,4-8,10,20H2. The van der Waals surface area contributed by atoms with E-state index >= 15 is 0 Å². The number of rotatable bonds is 4. The van der Waals surface area contributed by atoms with Crippen molar-refractivity contribution < 1.29 is 13.6 Å². The number of Topliss-reactive ketones (excluding diaryl/α,β-unsaturated/α-hetero) is 1. The molecule has 2 unspecified atom stereocenters. The summed E-state index contributed by atoms with van der Waals surface area (Å²) >= 11 is 0. The molecule has 2 fully saturated rings. The van der Waals surface area contributed by atoms with Gasteiger partial charge in [0.1, 0.15) is 0 Å². The Hall–Kier alpha value is -1.29. The van der Waals surface area contributed by atoms with Crippen molar-refractivity contribution in [2.24, 2.45) is 11.7 Å². The van der Waals surface area contributed by atoms with Gasteiger partial charge < -0.3 is 5.73 Å². The third kappa shape index (κ3) is 3.49. The number of benzene rings is 1. The summed E-state index contributed by atoms with van der Waals surface area (Å²) in [6, 6.07) is 7.86. The summed E-state index contributed by atoms with van der Waals surface area (Å²) in [5, 5.41) is 0. The van der Waals surface area contributed by atoms with Gasteiger partial charge in [-0.2, -0.15) is 0 Å². The van der Waals surface area contributed by atoms with Crippen molar-refractivity contribution >= 4 is 5.78 Å². The molecule has 2 aliphatic rings. The molecule has 0 aliphatic heterocycles. The van der Waals surface area contributed by atoms with Crippen molar-refractivity contribution in [2.75, 3.05) is 0 Å².